The topological polar surface area (TPSA) is 37.3 Å². The van der Waals surface area contributed by atoms with Crippen LogP contribution < -0.4 is 5.32 Å². The molecule has 0 saturated heterocycles. The fraction of sp³-hybridized carbons (Fsp3) is 0.231. The number of hydrogen-bond acceptors (Lipinski definition) is 5. The first-order chi connectivity index (χ1) is 9.35. The van der Waals surface area contributed by atoms with Gasteiger partial charge in [0.05, 0.1) is 12.2 Å². The van der Waals surface area contributed by atoms with Crippen LogP contribution in [0.15, 0.2) is 40.7 Å². The lowest BCUT2D eigenvalue weighted by atomic mass is 10.2. The van der Waals surface area contributed by atoms with E-state index in [1.807, 2.05) is 18.2 Å². The molecule has 3 rings (SSSR count). The van der Waals surface area contributed by atoms with Crippen LogP contribution in [0.3, 0.4) is 0 Å². The molecule has 1 N–H and O–H groups in total. The molecule has 0 spiro atoms. The summed E-state index contributed by atoms with van der Waals surface area (Å²) in [5, 5.41) is 7.49. The molecule has 0 amide bonds. The number of aliphatic imine (C=N–C) groups is 1. The summed E-state index contributed by atoms with van der Waals surface area (Å²) >= 11 is 9.10. The van der Waals surface area contributed by atoms with Crippen molar-refractivity contribution in [3.05, 3.63) is 35.7 Å². The van der Waals surface area contributed by atoms with Gasteiger partial charge in [0.15, 0.2) is 10.3 Å². The average Bonchev–Trinajstić information content (AvgIpc) is 3.09. The lowest BCUT2D eigenvalue weighted by Gasteiger charge is -2.03. The Balaban J connectivity index is 0.00000147. The maximum atomic E-state index is 5.83. The molecule has 2 aromatic rings. The molecular formula is C13H13Cl2N3S2. The molecule has 0 aliphatic carbocycles. The van der Waals surface area contributed by atoms with E-state index in [9.17, 15) is 0 Å². The predicted octanol–water partition coefficient (Wildman–Crippen LogP) is 4.35. The number of aromatic nitrogens is 1. The third kappa shape index (κ3) is 3.67. The second kappa shape index (κ2) is 7.31. The minimum absolute atomic E-state index is 0. The van der Waals surface area contributed by atoms with E-state index in [0.29, 0.717) is 11.1 Å². The van der Waals surface area contributed by atoms with Crippen LogP contribution >= 0.6 is 47.1 Å². The number of benzene rings is 1. The zero-order valence-electron chi connectivity index (χ0n) is 10.5. The van der Waals surface area contributed by atoms with Crippen LogP contribution in [0.5, 0.6) is 0 Å². The Morgan fingerprint density at radius 2 is 2.10 bits per heavy atom. The average molecular weight is 346 g/mol. The first-order valence-corrected chi connectivity index (χ1v) is 8.19. The third-order valence-corrected chi connectivity index (χ3v) is 5.09. The van der Waals surface area contributed by atoms with E-state index in [1.54, 1.807) is 23.1 Å². The molecule has 1 aliphatic rings. The fourth-order valence-electron chi connectivity index (χ4n) is 1.73. The SMILES string of the molecule is Cl.ClCC1CN=C(Nc2nc(-c3ccccc3)cs2)S1. The number of nitrogens with zero attached hydrogens (tertiary/aromatic N) is 2. The standard InChI is InChI=1S/C13H12ClN3S2.ClH/c14-6-10-7-15-12(19-10)17-13-16-11(8-18-13)9-4-2-1-3-5-9;/h1-5,8,10H,6-7H2,(H,15,16,17);1H. The Labute approximate surface area is 137 Å². The van der Waals surface area contributed by atoms with Crippen molar-refractivity contribution in [2.75, 3.05) is 17.7 Å². The first-order valence-electron chi connectivity index (χ1n) is 5.90. The number of rotatable bonds is 3. The maximum Gasteiger partial charge on any atom is 0.189 e. The molecule has 0 saturated carbocycles. The van der Waals surface area contributed by atoms with Gasteiger partial charge in [0.2, 0.25) is 0 Å². The molecule has 2 heterocycles. The van der Waals surface area contributed by atoms with Gasteiger partial charge in [-0.3, -0.25) is 4.99 Å². The molecule has 1 aliphatic heterocycles. The van der Waals surface area contributed by atoms with Crippen molar-refractivity contribution in [3.8, 4) is 11.3 Å². The number of thioether (sulfide) groups is 1. The predicted molar refractivity (Wildman–Crippen MR) is 92.8 cm³/mol. The number of halogens is 2. The Hall–Kier alpha value is -0.750. The van der Waals surface area contributed by atoms with Gasteiger partial charge in [-0.2, -0.15) is 0 Å². The van der Waals surface area contributed by atoms with E-state index < -0.39 is 0 Å². The van der Waals surface area contributed by atoms with E-state index in [2.05, 4.69) is 32.8 Å². The molecule has 1 unspecified atom stereocenters. The number of amidine groups is 1. The lowest BCUT2D eigenvalue weighted by Crippen LogP contribution is -2.08. The Bertz CT molecular complexity index is 586. The number of thiazole rings is 1. The number of nitrogens with one attached hydrogen (secondary N) is 1. The molecule has 7 heteroatoms. The Morgan fingerprint density at radius 1 is 1.30 bits per heavy atom. The molecule has 1 aromatic heterocycles. The van der Waals surface area contributed by atoms with E-state index in [4.69, 9.17) is 11.6 Å². The second-order valence-electron chi connectivity index (χ2n) is 4.07. The quantitative estimate of drug-likeness (QED) is 0.840. The Kier molecular flexibility index (Phi) is 5.72. The van der Waals surface area contributed by atoms with Crippen LogP contribution in [-0.4, -0.2) is 27.8 Å². The van der Waals surface area contributed by atoms with Gasteiger partial charge in [-0.05, 0) is 0 Å². The summed E-state index contributed by atoms with van der Waals surface area (Å²) in [5.74, 6) is 0.631. The van der Waals surface area contributed by atoms with Gasteiger partial charge in [0.1, 0.15) is 0 Å². The van der Waals surface area contributed by atoms with Crippen molar-refractivity contribution in [1.82, 2.24) is 4.98 Å². The van der Waals surface area contributed by atoms with E-state index in [1.165, 1.54) is 0 Å². The molecule has 3 nitrogen and oxygen atoms in total. The minimum atomic E-state index is 0. The summed E-state index contributed by atoms with van der Waals surface area (Å²) in [6.07, 6.45) is 0. The Morgan fingerprint density at radius 3 is 2.80 bits per heavy atom. The lowest BCUT2D eigenvalue weighted by molar-refractivity contribution is 0.982. The number of alkyl halides is 1. The molecule has 1 aromatic carbocycles. The summed E-state index contributed by atoms with van der Waals surface area (Å²) in [6, 6.07) is 10.2. The van der Waals surface area contributed by atoms with Gasteiger partial charge >= 0.3 is 0 Å². The second-order valence-corrected chi connectivity index (χ2v) is 6.52. The van der Waals surface area contributed by atoms with Crippen LogP contribution in [0.25, 0.3) is 11.3 Å². The van der Waals surface area contributed by atoms with Crippen molar-refractivity contribution >= 4 is 57.4 Å². The zero-order chi connectivity index (χ0) is 13.1. The van der Waals surface area contributed by atoms with Crippen LogP contribution in [0.1, 0.15) is 0 Å². The normalized spacial score (nSPS) is 17.4. The minimum Gasteiger partial charge on any atom is -0.311 e. The van der Waals surface area contributed by atoms with Crippen LogP contribution in [-0.2, 0) is 0 Å². The third-order valence-electron chi connectivity index (χ3n) is 2.68. The highest BCUT2D eigenvalue weighted by atomic mass is 35.5. The zero-order valence-corrected chi connectivity index (χ0v) is 13.7. The van der Waals surface area contributed by atoms with Crippen molar-refractivity contribution < 1.29 is 0 Å². The van der Waals surface area contributed by atoms with Gasteiger partial charge in [0, 0.05) is 22.1 Å². The van der Waals surface area contributed by atoms with Crippen LogP contribution in [0, 0.1) is 0 Å². The number of anilines is 1. The number of hydrogen-bond donors (Lipinski definition) is 1. The highest BCUT2D eigenvalue weighted by Gasteiger charge is 2.19. The van der Waals surface area contributed by atoms with Crippen LogP contribution in [0.2, 0.25) is 0 Å². The van der Waals surface area contributed by atoms with Gasteiger partial charge in [0.25, 0.3) is 0 Å². The molecule has 1 atom stereocenters. The summed E-state index contributed by atoms with van der Waals surface area (Å²) in [7, 11) is 0. The highest BCUT2D eigenvalue weighted by Crippen LogP contribution is 2.28. The fourth-order valence-corrected chi connectivity index (χ4v) is 3.63. The van der Waals surface area contributed by atoms with Gasteiger partial charge in [-0.25, -0.2) is 4.98 Å². The summed E-state index contributed by atoms with van der Waals surface area (Å²) < 4.78 is 0. The monoisotopic (exact) mass is 345 g/mol. The molecule has 20 heavy (non-hydrogen) atoms. The van der Waals surface area contributed by atoms with Crippen molar-refractivity contribution in [3.63, 3.8) is 0 Å². The van der Waals surface area contributed by atoms with E-state index in [0.717, 1.165) is 28.1 Å². The van der Waals surface area contributed by atoms with Gasteiger partial charge < -0.3 is 5.32 Å². The summed E-state index contributed by atoms with van der Waals surface area (Å²) in [6.45, 7) is 0.785. The first kappa shape index (κ1) is 15.6. The van der Waals surface area contributed by atoms with Crippen molar-refractivity contribution in [1.29, 1.82) is 0 Å². The molecular weight excluding hydrogens is 333 g/mol. The smallest absolute Gasteiger partial charge is 0.189 e. The molecule has 106 valence electrons. The van der Waals surface area contributed by atoms with Crippen molar-refractivity contribution in [2.45, 2.75) is 5.25 Å². The van der Waals surface area contributed by atoms with Crippen LogP contribution in [0.4, 0.5) is 5.13 Å². The summed E-state index contributed by atoms with van der Waals surface area (Å²) in [4.78, 5) is 8.99. The van der Waals surface area contributed by atoms with Gasteiger partial charge in [-0.1, -0.05) is 42.1 Å². The summed E-state index contributed by atoms with van der Waals surface area (Å²) in [5.41, 5.74) is 2.12. The molecule has 0 fully saturated rings. The van der Waals surface area contributed by atoms with Crippen molar-refractivity contribution in [2.24, 2.45) is 4.99 Å². The highest BCUT2D eigenvalue weighted by molar-refractivity contribution is 8.15. The molecule has 0 bridgehead atoms. The molecule has 0 radical (unpaired) electrons. The van der Waals surface area contributed by atoms with E-state index in [-0.39, 0.29) is 12.4 Å². The maximum absolute atomic E-state index is 5.83. The van der Waals surface area contributed by atoms with Gasteiger partial charge in [-0.15, -0.1) is 35.3 Å². The largest absolute Gasteiger partial charge is 0.311 e. The van der Waals surface area contributed by atoms with E-state index >= 15 is 0 Å².